The maximum Gasteiger partial charge on any atom is 0.501 e. The number of hydrogen-bond donors (Lipinski definition) is 1. The maximum atomic E-state index is 12.8. The van der Waals surface area contributed by atoms with Gasteiger partial charge in [-0.2, -0.15) is 13.2 Å². The van der Waals surface area contributed by atoms with E-state index in [2.05, 4.69) is 17.1 Å². The highest BCUT2D eigenvalue weighted by Gasteiger charge is 2.48. The molecule has 0 radical (unpaired) electrons. The second kappa shape index (κ2) is 5.66. The first kappa shape index (κ1) is 16.6. The van der Waals surface area contributed by atoms with Crippen molar-refractivity contribution in [2.45, 2.75) is 54.7 Å². The fraction of sp³-hybridized carbons (Fsp3) is 0.600. The van der Waals surface area contributed by atoms with Crippen LogP contribution in [-0.4, -0.2) is 43.5 Å². The normalized spacial score (nSPS) is 26.4. The van der Waals surface area contributed by atoms with E-state index in [-0.39, 0.29) is 11.7 Å². The van der Waals surface area contributed by atoms with Crippen LogP contribution in [-0.2, 0) is 9.84 Å². The lowest BCUT2D eigenvalue weighted by Gasteiger charge is -2.20. The summed E-state index contributed by atoms with van der Waals surface area (Å²) in [6, 6.07) is 6.12. The van der Waals surface area contributed by atoms with Crippen molar-refractivity contribution in [1.82, 2.24) is 4.90 Å². The standard InChI is InChI=1S/C15H19F3N2O2S/c1-10-8-11(9-20(10)12-6-7-12)19-13-4-2-3-5-14(13)23(21,22)15(16,17)18/h2-5,10-12,19H,6-9H2,1H3. The van der Waals surface area contributed by atoms with Gasteiger partial charge in [0.1, 0.15) is 0 Å². The summed E-state index contributed by atoms with van der Waals surface area (Å²) in [4.78, 5) is 1.64. The number of benzene rings is 1. The Morgan fingerprint density at radius 2 is 1.87 bits per heavy atom. The third-order valence-electron chi connectivity index (χ3n) is 4.48. The average Bonchev–Trinajstić information content (AvgIpc) is 3.22. The van der Waals surface area contributed by atoms with E-state index in [1.165, 1.54) is 18.2 Å². The molecule has 2 atom stereocenters. The topological polar surface area (TPSA) is 49.4 Å². The summed E-state index contributed by atoms with van der Waals surface area (Å²) in [5.41, 5.74) is -5.27. The molecule has 1 saturated heterocycles. The van der Waals surface area contributed by atoms with Crippen molar-refractivity contribution >= 4 is 15.5 Å². The van der Waals surface area contributed by atoms with Crippen molar-refractivity contribution in [2.75, 3.05) is 11.9 Å². The van der Waals surface area contributed by atoms with Gasteiger partial charge in [0.15, 0.2) is 0 Å². The quantitative estimate of drug-likeness (QED) is 0.909. The van der Waals surface area contributed by atoms with Crippen LogP contribution in [0.4, 0.5) is 18.9 Å². The second-order valence-corrected chi connectivity index (χ2v) is 8.21. The summed E-state index contributed by atoms with van der Waals surface area (Å²) in [5.74, 6) is 0. The number of alkyl halides is 3. The molecule has 1 aliphatic carbocycles. The molecule has 2 fully saturated rings. The maximum absolute atomic E-state index is 12.8. The SMILES string of the molecule is CC1CC(Nc2ccccc2S(=O)(=O)C(F)(F)F)CN1C1CC1. The minimum Gasteiger partial charge on any atom is -0.380 e. The molecule has 0 spiro atoms. The molecule has 2 aliphatic rings. The number of para-hydroxylation sites is 1. The molecular weight excluding hydrogens is 329 g/mol. The number of halogens is 3. The van der Waals surface area contributed by atoms with E-state index in [1.807, 2.05) is 0 Å². The molecule has 1 N–H and O–H groups in total. The zero-order chi connectivity index (χ0) is 16.8. The lowest BCUT2D eigenvalue weighted by atomic mass is 10.2. The number of nitrogens with zero attached hydrogens (tertiary/aromatic N) is 1. The van der Waals surface area contributed by atoms with Gasteiger partial charge in [0.25, 0.3) is 9.84 Å². The molecule has 3 rings (SSSR count). The highest BCUT2D eigenvalue weighted by Crippen LogP contribution is 2.37. The van der Waals surface area contributed by atoms with Crippen molar-refractivity contribution in [2.24, 2.45) is 0 Å². The van der Waals surface area contributed by atoms with Crippen LogP contribution in [0.25, 0.3) is 0 Å². The number of anilines is 1. The Kier molecular flexibility index (Phi) is 4.08. The highest BCUT2D eigenvalue weighted by atomic mass is 32.2. The molecule has 0 amide bonds. The Morgan fingerprint density at radius 1 is 1.22 bits per heavy atom. The van der Waals surface area contributed by atoms with Crippen molar-refractivity contribution in [3.8, 4) is 0 Å². The van der Waals surface area contributed by atoms with Crippen LogP contribution in [0.1, 0.15) is 26.2 Å². The molecule has 1 aromatic carbocycles. The van der Waals surface area contributed by atoms with E-state index in [1.54, 1.807) is 0 Å². The monoisotopic (exact) mass is 348 g/mol. The van der Waals surface area contributed by atoms with Gasteiger partial charge in [0.2, 0.25) is 0 Å². The predicted molar refractivity (Wildman–Crippen MR) is 80.9 cm³/mol. The second-order valence-electron chi connectivity index (χ2n) is 6.30. The smallest absolute Gasteiger partial charge is 0.380 e. The van der Waals surface area contributed by atoms with E-state index in [0.29, 0.717) is 12.1 Å². The van der Waals surface area contributed by atoms with Crippen LogP contribution >= 0.6 is 0 Å². The van der Waals surface area contributed by atoms with Crippen molar-refractivity contribution < 1.29 is 21.6 Å². The molecule has 1 aromatic rings. The molecule has 1 heterocycles. The summed E-state index contributed by atoms with van der Waals surface area (Å²) in [7, 11) is -5.36. The molecule has 1 aliphatic heterocycles. The van der Waals surface area contributed by atoms with Crippen molar-refractivity contribution in [3.05, 3.63) is 24.3 Å². The summed E-state index contributed by atoms with van der Waals surface area (Å²) in [6.07, 6.45) is 3.11. The summed E-state index contributed by atoms with van der Waals surface area (Å²) >= 11 is 0. The van der Waals surface area contributed by atoms with Gasteiger partial charge in [-0.05, 0) is 38.3 Å². The Bertz CT molecular complexity index is 686. The molecule has 128 valence electrons. The third-order valence-corrected chi connectivity index (χ3v) is 6.02. The minimum absolute atomic E-state index is 0.0275. The van der Waals surface area contributed by atoms with Crippen LogP contribution < -0.4 is 5.32 Å². The predicted octanol–water partition coefficient (Wildman–Crippen LogP) is 3.02. The fourth-order valence-electron chi connectivity index (χ4n) is 3.24. The van der Waals surface area contributed by atoms with Crippen LogP contribution in [0.15, 0.2) is 29.2 Å². The largest absolute Gasteiger partial charge is 0.501 e. The number of rotatable bonds is 4. The lowest BCUT2D eigenvalue weighted by molar-refractivity contribution is -0.0435. The average molecular weight is 348 g/mol. The van der Waals surface area contributed by atoms with Crippen LogP contribution in [0.5, 0.6) is 0 Å². The van der Waals surface area contributed by atoms with E-state index in [4.69, 9.17) is 0 Å². The van der Waals surface area contributed by atoms with Crippen LogP contribution in [0.3, 0.4) is 0 Å². The van der Waals surface area contributed by atoms with Crippen LogP contribution in [0.2, 0.25) is 0 Å². The van der Waals surface area contributed by atoms with Gasteiger partial charge in [0, 0.05) is 24.7 Å². The Labute approximate surface area is 133 Å². The molecule has 23 heavy (non-hydrogen) atoms. The molecule has 0 aromatic heterocycles. The van der Waals surface area contributed by atoms with Gasteiger partial charge < -0.3 is 5.32 Å². The zero-order valence-corrected chi connectivity index (χ0v) is 13.5. The molecule has 2 unspecified atom stereocenters. The van der Waals surface area contributed by atoms with Gasteiger partial charge in [0.05, 0.1) is 10.6 Å². The highest BCUT2D eigenvalue weighted by molar-refractivity contribution is 7.92. The van der Waals surface area contributed by atoms with E-state index >= 15 is 0 Å². The minimum atomic E-state index is -5.36. The number of nitrogens with one attached hydrogen (secondary N) is 1. The van der Waals surface area contributed by atoms with Gasteiger partial charge in [-0.25, -0.2) is 8.42 Å². The number of likely N-dealkylation sites (tertiary alicyclic amines) is 1. The van der Waals surface area contributed by atoms with Crippen molar-refractivity contribution in [1.29, 1.82) is 0 Å². The Morgan fingerprint density at radius 3 is 2.48 bits per heavy atom. The summed E-state index contributed by atoms with van der Waals surface area (Å²) < 4.78 is 61.9. The summed E-state index contributed by atoms with van der Waals surface area (Å²) in [5, 5.41) is 3.01. The fourth-order valence-corrected chi connectivity index (χ4v) is 4.16. The third kappa shape index (κ3) is 3.19. The zero-order valence-electron chi connectivity index (χ0n) is 12.7. The lowest BCUT2D eigenvalue weighted by Crippen LogP contribution is -2.31. The first-order valence-corrected chi connectivity index (χ1v) is 9.11. The van der Waals surface area contributed by atoms with Gasteiger partial charge in [-0.3, -0.25) is 4.90 Å². The first-order chi connectivity index (χ1) is 10.7. The van der Waals surface area contributed by atoms with Gasteiger partial charge >= 0.3 is 5.51 Å². The molecule has 1 saturated carbocycles. The van der Waals surface area contributed by atoms with Crippen LogP contribution in [0, 0.1) is 0 Å². The first-order valence-electron chi connectivity index (χ1n) is 7.63. The summed E-state index contributed by atoms with van der Waals surface area (Å²) in [6.45, 7) is 2.82. The Hall–Kier alpha value is -1.28. The number of sulfone groups is 1. The number of hydrogen-bond acceptors (Lipinski definition) is 4. The van der Waals surface area contributed by atoms with E-state index in [9.17, 15) is 21.6 Å². The van der Waals surface area contributed by atoms with E-state index in [0.717, 1.165) is 31.9 Å². The molecule has 8 heteroatoms. The van der Waals surface area contributed by atoms with Gasteiger partial charge in [-0.1, -0.05) is 12.1 Å². The Balaban J connectivity index is 1.82. The molecule has 4 nitrogen and oxygen atoms in total. The molecular formula is C15H19F3N2O2S. The molecule has 0 bridgehead atoms. The van der Waals surface area contributed by atoms with E-state index < -0.39 is 20.2 Å². The van der Waals surface area contributed by atoms with Gasteiger partial charge in [-0.15, -0.1) is 0 Å². The van der Waals surface area contributed by atoms with Crippen molar-refractivity contribution in [3.63, 3.8) is 0 Å².